The van der Waals surface area contributed by atoms with Crippen molar-refractivity contribution in [3.05, 3.63) is 5.82 Å². The number of tetrazole rings is 1. The topological polar surface area (TPSA) is 80.9 Å². The second kappa shape index (κ2) is 5.58. The Hall–Kier alpha value is -1.11. The third-order valence-corrected chi connectivity index (χ3v) is 2.62. The van der Waals surface area contributed by atoms with Gasteiger partial charge in [0.05, 0.1) is 6.42 Å². The molecular formula is C7H12N4O2S. The molecule has 0 saturated carbocycles. The molecule has 1 N–H and O–H groups in total. The van der Waals surface area contributed by atoms with Gasteiger partial charge in [-0.1, -0.05) is 0 Å². The minimum absolute atomic E-state index is 0.210. The lowest BCUT2D eigenvalue weighted by atomic mass is 10.5. The average Bonchev–Trinajstić information content (AvgIpc) is 2.51. The molecule has 14 heavy (non-hydrogen) atoms. The fraction of sp³-hybridized carbons (Fsp3) is 0.714. The fourth-order valence-electron chi connectivity index (χ4n) is 0.885. The lowest BCUT2D eigenvalue weighted by molar-refractivity contribution is -0.136. The van der Waals surface area contributed by atoms with Crippen molar-refractivity contribution in [2.45, 2.75) is 12.8 Å². The molecule has 6 nitrogen and oxygen atoms in total. The van der Waals surface area contributed by atoms with Crippen LogP contribution in [-0.4, -0.2) is 42.8 Å². The summed E-state index contributed by atoms with van der Waals surface area (Å²) < 4.78 is 1.62. The second-order valence-corrected chi connectivity index (χ2v) is 3.95. The summed E-state index contributed by atoms with van der Waals surface area (Å²) in [6, 6.07) is 0. The third kappa shape index (κ3) is 3.73. The normalized spacial score (nSPS) is 10.4. The highest BCUT2D eigenvalue weighted by Gasteiger charge is 2.02. The van der Waals surface area contributed by atoms with Gasteiger partial charge in [-0.05, 0) is 10.4 Å². The molecule has 0 amide bonds. The van der Waals surface area contributed by atoms with E-state index < -0.39 is 5.97 Å². The van der Waals surface area contributed by atoms with E-state index in [1.165, 1.54) is 0 Å². The highest BCUT2D eigenvalue weighted by Crippen LogP contribution is 2.05. The van der Waals surface area contributed by atoms with Gasteiger partial charge in [-0.15, -0.1) is 5.10 Å². The Morgan fingerprint density at radius 2 is 2.36 bits per heavy atom. The van der Waals surface area contributed by atoms with Gasteiger partial charge in [0, 0.05) is 25.0 Å². The van der Waals surface area contributed by atoms with E-state index in [4.69, 9.17) is 5.11 Å². The SMILES string of the molecule is Cn1nnnc1CCSCCC(=O)O. The van der Waals surface area contributed by atoms with Crippen LogP contribution < -0.4 is 0 Å². The Labute approximate surface area is 85.7 Å². The van der Waals surface area contributed by atoms with Gasteiger partial charge in [0.1, 0.15) is 0 Å². The Kier molecular flexibility index (Phi) is 4.37. The molecule has 7 heteroatoms. The highest BCUT2D eigenvalue weighted by molar-refractivity contribution is 7.99. The molecule has 0 bridgehead atoms. The van der Waals surface area contributed by atoms with E-state index in [0.717, 1.165) is 18.0 Å². The first-order valence-electron chi connectivity index (χ1n) is 4.21. The van der Waals surface area contributed by atoms with Crippen LogP contribution in [0.5, 0.6) is 0 Å². The number of rotatable bonds is 6. The molecule has 0 spiro atoms. The number of thioether (sulfide) groups is 1. The molecule has 0 aliphatic carbocycles. The van der Waals surface area contributed by atoms with Gasteiger partial charge < -0.3 is 5.11 Å². The first kappa shape index (κ1) is 11.0. The van der Waals surface area contributed by atoms with Crippen LogP contribution in [0.4, 0.5) is 0 Å². The molecule has 0 aliphatic rings. The van der Waals surface area contributed by atoms with Crippen LogP contribution in [0.15, 0.2) is 0 Å². The molecule has 0 fully saturated rings. The number of carboxylic acid groups (broad SMARTS) is 1. The first-order valence-corrected chi connectivity index (χ1v) is 5.36. The Bertz CT molecular complexity index is 302. The number of aryl methyl sites for hydroxylation is 2. The number of hydrogen-bond acceptors (Lipinski definition) is 5. The summed E-state index contributed by atoms with van der Waals surface area (Å²) in [5.74, 6) is 1.56. The molecule has 0 unspecified atom stereocenters. The van der Waals surface area contributed by atoms with E-state index in [-0.39, 0.29) is 6.42 Å². The van der Waals surface area contributed by atoms with E-state index in [1.807, 2.05) is 0 Å². The standard InChI is InChI=1S/C7H12N4O2S/c1-11-6(8-9-10-11)2-4-14-5-3-7(12)13/h2-5H2,1H3,(H,12,13). The summed E-state index contributed by atoms with van der Waals surface area (Å²) in [5.41, 5.74) is 0. The molecule has 1 aromatic heterocycles. The van der Waals surface area contributed by atoms with Crippen molar-refractivity contribution < 1.29 is 9.90 Å². The van der Waals surface area contributed by atoms with E-state index in [1.54, 1.807) is 23.5 Å². The summed E-state index contributed by atoms with van der Waals surface area (Å²) in [7, 11) is 1.79. The zero-order valence-electron chi connectivity index (χ0n) is 7.88. The predicted molar refractivity (Wildman–Crippen MR) is 52.1 cm³/mol. The Morgan fingerprint density at radius 1 is 1.57 bits per heavy atom. The number of carboxylic acids is 1. The molecule has 1 rings (SSSR count). The third-order valence-electron chi connectivity index (χ3n) is 1.64. The van der Waals surface area contributed by atoms with Gasteiger partial charge in [0.15, 0.2) is 5.82 Å². The lowest BCUT2D eigenvalue weighted by Gasteiger charge is -1.98. The fourth-order valence-corrected chi connectivity index (χ4v) is 1.73. The number of aliphatic carboxylic acids is 1. The largest absolute Gasteiger partial charge is 0.481 e. The van der Waals surface area contributed by atoms with Crippen molar-refractivity contribution in [3.8, 4) is 0 Å². The van der Waals surface area contributed by atoms with Crippen LogP contribution in [0.25, 0.3) is 0 Å². The van der Waals surface area contributed by atoms with Crippen molar-refractivity contribution >= 4 is 17.7 Å². The first-order chi connectivity index (χ1) is 6.70. The van der Waals surface area contributed by atoms with Crippen LogP contribution >= 0.6 is 11.8 Å². The molecule has 0 atom stereocenters. The van der Waals surface area contributed by atoms with Gasteiger partial charge in [-0.3, -0.25) is 4.79 Å². The smallest absolute Gasteiger partial charge is 0.304 e. The van der Waals surface area contributed by atoms with E-state index in [0.29, 0.717) is 5.75 Å². The van der Waals surface area contributed by atoms with Crippen molar-refractivity contribution in [1.82, 2.24) is 20.2 Å². The van der Waals surface area contributed by atoms with Gasteiger partial charge in [0.2, 0.25) is 0 Å². The molecular weight excluding hydrogens is 204 g/mol. The van der Waals surface area contributed by atoms with E-state index in [2.05, 4.69) is 15.5 Å². The van der Waals surface area contributed by atoms with Crippen molar-refractivity contribution in [2.24, 2.45) is 7.05 Å². The van der Waals surface area contributed by atoms with Gasteiger partial charge in [-0.2, -0.15) is 11.8 Å². The number of carbonyl (C=O) groups is 1. The number of aromatic nitrogens is 4. The van der Waals surface area contributed by atoms with Crippen molar-refractivity contribution in [3.63, 3.8) is 0 Å². The summed E-state index contributed by atoms with van der Waals surface area (Å²) in [6.07, 6.45) is 0.982. The van der Waals surface area contributed by atoms with Crippen LogP contribution in [0.3, 0.4) is 0 Å². The van der Waals surface area contributed by atoms with Crippen molar-refractivity contribution in [2.75, 3.05) is 11.5 Å². The highest BCUT2D eigenvalue weighted by atomic mass is 32.2. The molecule has 0 aromatic carbocycles. The summed E-state index contributed by atoms with van der Waals surface area (Å²) in [6.45, 7) is 0. The second-order valence-electron chi connectivity index (χ2n) is 2.72. The maximum Gasteiger partial charge on any atom is 0.304 e. The maximum atomic E-state index is 10.2. The summed E-state index contributed by atoms with van der Waals surface area (Å²) >= 11 is 1.60. The molecule has 0 aliphatic heterocycles. The maximum absolute atomic E-state index is 10.2. The van der Waals surface area contributed by atoms with Crippen LogP contribution in [-0.2, 0) is 18.3 Å². The van der Waals surface area contributed by atoms with E-state index >= 15 is 0 Å². The predicted octanol–water partition coefficient (Wildman–Crippen LogP) is -0.0395. The molecule has 0 radical (unpaired) electrons. The quantitative estimate of drug-likeness (QED) is 0.672. The van der Waals surface area contributed by atoms with Gasteiger partial charge in [0.25, 0.3) is 0 Å². The minimum Gasteiger partial charge on any atom is -0.481 e. The van der Waals surface area contributed by atoms with Crippen LogP contribution in [0.1, 0.15) is 12.2 Å². The minimum atomic E-state index is -0.752. The molecule has 1 heterocycles. The molecule has 78 valence electrons. The molecule has 0 saturated heterocycles. The Morgan fingerprint density at radius 3 is 2.93 bits per heavy atom. The zero-order chi connectivity index (χ0) is 10.4. The summed E-state index contributed by atoms with van der Waals surface area (Å²) in [5, 5.41) is 19.4. The average molecular weight is 216 g/mol. The van der Waals surface area contributed by atoms with Crippen LogP contribution in [0, 0.1) is 0 Å². The van der Waals surface area contributed by atoms with Crippen LogP contribution in [0.2, 0.25) is 0 Å². The van der Waals surface area contributed by atoms with Crippen molar-refractivity contribution in [1.29, 1.82) is 0 Å². The molecule has 1 aromatic rings. The van der Waals surface area contributed by atoms with Gasteiger partial charge >= 0.3 is 5.97 Å². The van der Waals surface area contributed by atoms with E-state index in [9.17, 15) is 4.79 Å². The lowest BCUT2D eigenvalue weighted by Crippen LogP contribution is -2.02. The monoisotopic (exact) mass is 216 g/mol. The Balaban J connectivity index is 2.10. The van der Waals surface area contributed by atoms with Gasteiger partial charge in [-0.25, -0.2) is 4.68 Å². The summed E-state index contributed by atoms with van der Waals surface area (Å²) in [4.78, 5) is 10.2. The number of hydrogen-bond donors (Lipinski definition) is 1. The zero-order valence-corrected chi connectivity index (χ0v) is 8.70. The number of nitrogens with zero attached hydrogens (tertiary/aromatic N) is 4.